The summed E-state index contributed by atoms with van der Waals surface area (Å²) in [5.74, 6) is 2.07. The summed E-state index contributed by atoms with van der Waals surface area (Å²) in [7, 11) is 1.63. The standard InChI is InChI=1S/C18H24N2O3/c1-3-4-5-11-19-17(21)9-10-18-20-13-16(23-18)14-7-6-8-15(12-14)22-2/h6-8,12-13H,3-5,9-11H2,1-2H3,(H,19,21). The van der Waals surface area contributed by atoms with Crippen molar-refractivity contribution in [1.29, 1.82) is 0 Å². The molecule has 0 atom stereocenters. The second-order valence-corrected chi connectivity index (χ2v) is 5.41. The van der Waals surface area contributed by atoms with E-state index in [4.69, 9.17) is 9.15 Å². The number of aryl methyl sites for hydroxylation is 1. The lowest BCUT2D eigenvalue weighted by Gasteiger charge is -2.03. The maximum atomic E-state index is 11.7. The molecule has 1 aromatic carbocycles. The molecule has 2 rings (SSSR count). The molecule has 2 aromatic rings. The molecule has 1 amide bonds. The van der Waals surface area contributed by atoms with Crippen LogP contribution in [0.3, 0.4) is 0 Å². The van der Waals surface area contributed by atoms with Gasteiger partial charge in [0.05, 0.1) is 13.3 Å². The van der Waals surface area contributed by atoms with Crippen LogP contribution in [0.25, 0.3) is 11.3 Å². The fourth-order valence-electron chi connectivity index (χ4n) is 2.25. The van der Waals surface area contributed by atoms with Gasteiger partial charge >= 0.3 is 0 Å². The Bertz CT molecular complexity index is 622. The quantitative estimate of drug-likeness (QED) is 0.718. The van der Waals surface area contributed by atoms with Crippen molar-refractivity contribution in [2.24, 2.45) is 0 Å². The van der Waals surface area contributed by atoms with Crippen LogP contribution in [0.5, 0.6) is 5.75 Å². The lowest BCUT2D eigenvalue weighted by molar-refractivity contribution is -0.121. The minimum atomic E-state index is 0.0437. The fraction of sp³-hybridized carbons (Fsp3) is 0.444. The maximum absolute atomic E-state index is 11.7. The highest BCUT2D eigenvalue weighted by molar-refractivity contribution is 5.76. The van der Waals surface area contributed by atoms with Gasteiger partial charge in [-0.15, -0.1) is 0 Å². The highest BCUT2D eigenvalue weighted by Gasteiger charge is 2.09. The monoisotopic (exact) mass is 316 g/mol. The molecule has 23 heavy (non-hydrogen) atoms. The van der Waals surface area contributed by atoms with E-state index in [-0.39, 0.29) is 5.91 Å². The van der Waals surface area contributed by atoms with Gasteiger partial charge in [-0.3, -0.25) is 4.79 Å². The van der Waals surface area contributed by atoms with E-state index in [0.717, 1.165) is 37.1 Å². The first kappa shape index (κ1) is 17.1. The lowest BCUT2D eigenvalue weighted by atomic mass is 10.2. The van der Waals surface area contributed by atoms with Crippen LogP contribution >= 0.6 is 0 Å². The summed E-state index contributed by atoms with van der Waals surface area (Å²) in [6.07, 6.45) is 5.90. The molecule has 0 unspecified atom stereocenters. The van der Waals surface area contributed by atoms with Gasteiger partial charge in [-0.05, 0) is 18.6 Å². The minimum absolute atomic E-state index is 0.0437. The average Bonchev–Trinajstić information content (AvgIpc) is 3.06. The Balaban J connectivity index is 1.83. The zero-order valence-electron chi connectivity index (χ0n) is 13.8. The number of hydrogen-bond donors (Lipinski definition) is 1. The van der Waals surface area contributed by atoms with Crippen LogP contribution < -0.4 is 10.1 Å². The predicted octanol–water partition coefficient (Wildman–Crippen LogP) is 3.59. The average molecular weight is 316 g/mol. The molecule has 1 N–H and O–H groups in total. The molecule has 1 aromatic heterocycles. The molecule has 124 valence electrons. The van der Waals surface area contributed by atoms with Gasteiger partial charge in [0.2, 0.25) is 5.91 Å². The molecule has 0 aliphatic carbocycles. The van der Waals surface area contributed by atoms with Gasteiger partial charge in [0, 0.05) is 24.9 Å². The van der Waals surface area contributed by atoms with Crippen LogP contribution in [-0.2, 0) is 11.2 Å². The van der Waals surface area contributed by atoms with E-state index in [1.165, 1.54) is 0 Å². The van der Waals surface area contributed by atoms with Crippen LogP contribution in [-0.4, -0.2) is 24.5 Å². The molecule has 0 radical (unpaired) electrons. The largest absolute Gasteiger partial charge is 0.497 e. The summed E-state index contributed by atoms with van der Waals surface area (Å²) in [5.41, 5.74) is 0.909. The Hall–Kier alpha value is -2.30. The number of benzene rings is 1. The Morgan fingerprint density at radius 3 is 3.00 bits per heavy atom. The van der Waals surface area contributed by atoms with Gasteiger partial charge in [0.25, 0.3) is 0 Å². The number of amides is 1. The number of carbonyl (C=O) groups is 1. The molecule has 1 heterocycles. The molecule has 0 aliphatic rings. The number of aromatic nitrogens is 1. The summed E-state index contributed by atoms with van der Waals surface area (Å²) in [6.45, 7) is 2.89. The van der Waals surface area contributed by atoms with Crippen molar-refractivity contribution in [1.82, 2.24) is 10.3 Å². The Kier molecular flexibility index (Phi) is 6.66. The molecule has 5 nitrogen and oxygen atoms in total. The van der Waals surface area contributed by atoms with E-state index < -0.39 is 0 Å². The zero-order valence-corrected chi connectivity index (χ0v) is 13.8. The Labute approximate surface area is 137 Å². The van der Waals surface area contributed by atoms with Gasteiger partial charge in [0.15, 0.2) is 11.7 Å². The SMILES string of the molecule is CCCCCNC(=O)CCc1ncc(-c2cccc(OC)c2)o1. The van der Waals surface area contributed by atoms with E-state index in [0.29, 0.717) is 24.5 Å². The van der Waals surface area contributed by atoms with Crippen molar-refractivity contribution in [3.8, 4) is 17.1 Å². The summed E-state index contributed by atoms with van der Waals surface area (Å²) in [4.78, 5) is 16.0. The van der Waals surface area contributed by atoms with E-state index in [1.54, 1.807) is 13.3 Å². The molecule has 0 saturated carbocycles. The molecule has 0 saturated heterocycles. The minimum Gasteiger partial charge on any atom is -0.497 e. The van der Waals surface area contributed by atoms with Crippen molar-refractivity contribution in [2.75, 3.05) is 13.7 Å². The summed E-state index contributed by atoms with van der Waals surface area (Å²) < 4.78 is 10.9. The fourth-order valence-corrected chi connectivity index (χ4v) is 2.25. The highest BCUT2D eigenvalue weighted by atomic mass is 16.5. The first-order valence-corrected chi connectivity index (χ1v) is 8.08. The van der Waals surface area contributed by atoms with Crippen LogP contribution in [0.1, 0.15) is 38.5 Å². The highest BCUT2D eigenvalue weighted by Crippen LogP contribution is 2.24. The summed E-state index contributed by atoms with van der Waals surface area (Å²) in [5, 5.41) is 2.92. The van der Waals surface area contributed by atoms with Crippen LogP contribution in [0.15, 0.2) is 34.9 Å². The third kappa shape index (κ3) is 5.43. The molecule has 0 bridgehead atoms. The van der Waals surface area contributed by atoms with Crippen LogP contribution in [0, 0.1) is 0 Å². The normalized spacial score (nSPS) is 10.5. The Morgan fingerprint density at radius 2 is 2.22 bits per heavy atom. The van der Waals surface area contributed by atoms with Gasteiger partial charge in [-0.25, -0.2) is 4.98 Å². The third-order valence-electron chi connectivity index (χ3n) is 3.58. The number of methoxy groups -OCH3 is 1. The number of rotatable bonds is 9. The Morgan fingerprint density at radius 1 is 1.35 bits per heavy atom. The second-order valence-electron chi connectivity index (χ2n) is 5.41. The lowest BCUT2D eigenvalue weighted by Crippen LogP contribution is -2.24. The number of nitrogens with zero attached hydrogens (tertiary/aromatic N) is 1. The van der Waals surface area contributed by atoms with Gasteiger partial charge < -0.3 is 14.5 Å². The summed E-state index contributed by atoms with van der Waals surface area (Å²) in [6, 6.07) is 7.61. The van der Waals surface area contributed by atoms with Gasteiger partial charge in [0.1, 0.15) is 5.75 Å². The van der Waals surface area contributed by atoms with Gasteiger partial charge in [-0.1, -0.05) is 31.9 Å². The molecule has 0 aliphatic heterocycles. The van der Waals surface area contributed by atoms with Gasteiger partial charge in [-0.2, -0.15) is 0 Å². The molecule has 0 fully saturated rings. The van der Waals surface area contributed by atoms with E-state index in [1.807, 2.05) is 24.3 Å². The van der Waals surface area contributed by atoms with Crippen LogP contribution in [0.4, 0.5) is 0 Å². The second kappa shape index (κ2) is 8.98. The number of ether oxygens (including phenoxy) is 1. The van der Waals surface area contributed by atoms with Crippen LogP contribution in [0.2, 0.25) is 0 Å². The number of hydrogen-bond acceptors (Lipinski definition) is 4. The molecule has 0 spiro atoms. The van der Waals surface area contributed by atoms with Crippen molar-refractivity contribution in [3.05, 3.63) is 36.4 Å². The van der Waals surface area contributed by atoms with E-state index in [2.05, 4.69) is 17.2 Å². The first-order valence-electron chi connectivity index (χ1n) is 8.08. The van der Waals surface area contributed by atoms with Crippen molar-refractivity contribution >= 4 is 5.91 Å². The van der Waals surface area contributed by atoms with Crippen molar-refractivity contribution in [2.45, 2.75) is 39.0 Å². The van der Waals surface area contributed by atoms with Crippen molar-refractivity contribution < 1.29 is 13.9 Å². The molecular weight excluding hydrogens is 292 g/mol. The number of carbonyl (C=O) groups excluding carboxylic acids is 1. The number of unbranched alkanes of at least 4 members (excludes halogenated alkanes) is 2. The van der Waals surface area contributed by atoms with E-state index in [9.17, 15) is 4.79 Å². The number of oxazole rings is 1. The zero-order chi connectivity index (χ0) is 16.5. The summed E-state index contributed by atoms with van der Waals surface area (Å²) >= 11 is 0. The van der Waals surface area contributed by atoms with Crippen molar-refractivity contribution in [3.63, 3.8) is 0 Å². The molecule has 5 heteroatoms. The van der Waals surface area contributed by atoms with E-state index >= 15 is 0 Å². The maximum Gasteiger partial charge on any atom is 0.220 e. The molecular formula is C18H24N2O3. The first-order chi connectivity index (χ1) is 11.2. The smallest absolute Gasteiger partial charge is 0.220 e. The number of nitrogens with one attached hydrogen (secondary N) is 1. The topological polar surface area (TPSA) is 64.4 Å². The third-order valence-corrected chi connectivity index (χ3v) is 3.58. The predicted molar refractivity (Wildman–Crippen MR) is 89.3 cm³/mol.